The van der Waals surface area contributed by atoms with E-state index >= 15 is 0 Å². The third kappa shape index (κ3) is 2.67. The Hall–Kier alpha value is -1.50. The highest BCUT2D eigenvalue weighted by atomic mass is 32.2. The molecule has 5 nitrogen and oxygen atoms in total. The highest BCUT2D eigenvalue weighted by Gasteiger charge is 2.24. The largest absolute Gasteiger partial charge is 0.314 e. The van der Waals surface area contributed by atoms with Gasteiger partial charge in [-0.05, 0) is 12.1 Å². The summed E-state index contributed by atoms with van der Waals surface area (Å²) in [6.45, 7) is 2.38. The lowest BCUT2D eigenvalue weighted by Gasteiger charge is -2.24. The Balaban J connectivity index is 1.96. The van der Waals surface area contributed by atoms with Crippen LogP contribution in [0.5, 0.6) is 0 Å². The normalized spacial score (nSPS) is 20.1. The molecule has 1 unspecified atom stereocenters. The standard InChI is InChI=1S/C14H17N3O2S/c18-20(19,10-12-9-16-6-7-17-12)14-3-1-2-11-8-15-5-4-13(11)14/h1-5,8,12,16-17H,6-7,9-10H2. The lowest BCUT2D eigenvalue weighted by Crippen LogP contribution is -2.51. The predicted octanol–water partition coefficient (Wildman–Crippen LogP) is 0.570. The maximum absolute atomic E-state index is 12.6. The quantitative estimate of drug-likeness (QED) is 0.865. The summed E-state index contributed by atoms with van der Waals surface area (Å²) < 4.78 is 25.3. The van der Waals surface area contributed by atoms with Crippen LogP contribution < -0.4 is 10.6 Å². The number of rotatable bonds is 3. The molecule has 1 aliphatic rings. The third-order valence-corrected chi connectivity index (χ3v) is 5.39. The average Bonchev–Trinajstić information content (AvgIpc) is 2.47. The number of fused-ring (bicyclic) bond motifs is 1. The molecule has 0 radical (unpaired) electrons. The SMILES string of the molecule is O=S(=O)(CC1CNCCN1)c1cccc2cnccc12. The number of nitrogens with one attached hydrogen (secondary N) is 2. The van der Waals surface area contributed by atoms with Crippen molar-refractivity contribution < 1.29 is 8.42 Å². The van der Waals surface area contributed by atoms with E-state index in [1.165, 1.54) is 0 Å². The van der Waals surface area contributed by atoms with Gasteiger partial charge >= 0.3 is 0 Å². The fourth-order valence-corrected chi connectivity index (χ4v) is 4.30. The summed E-state index contributed by atoms with van der Waals surface area (Å²) >= 11 is 0. The zero-order chi connectivity index (χ0) is 14.0. The van der Waals surface area contributed by atoms with Crippen molar-refractivity contribution in [3.8, 4) is 0 Å². The minimum atomic E-state index is -3.32. The maximum Gasteiger partial charge on any atom is 0.180 e. The molecule has 0 bridgehead atoms. The molecule has 1 aromatic carbocycles. The Morgan fingerprint density at radius 2 is 2.15 bits per heavy atom. The number of pyridine rings is 1. The van der Waals surface area contributed by atoms with Crippen LogP contribution in [0.2, 0.25) is 0 Å². The summed E-state index contributed by atoms with van der Waals surface area (Å²) in [6.07, 6.45) is 3.32. The summed E-state index contributed by atoms with van der Waals surface area (Å²) in [5.41, 5.74) is 0. The summed E-state index contributed by atoms with van der Waals surface area (Å²) in [7, 11) is -3.32. The molecule has 3 rings (SSSR count). The van der Waals surface area contributed by atoms with E-state index < -0.39 is 9.84 Å². The molecule has 0 saturated carbocycles. The number of aromatic nitrogens is 1. The van der Waals surface area contributed by atoms with Crippen LogP contribution in [0.3, 0.4) is 0 Å². The molecule has 2 N–H and O–H groups in total. The van der Waals surface area contributed by atoms with Gasteiger partial charge < -0.3 is 10.6 Å². The van der Waals surface area contributed by atoms with Gasteiger partial charge in [-0.2, -0.15) is 0 Å². The first-order valence-corrected chi connectivity index (χ1v) is 8.32. The Morgan fingerprint density at radius 3 is 2.95 bits per heavy atom. The zero-order valence-corrected chi connectivity index (χ0v) is 11.9. The second kappa shape index (κ2) is 5.47. The molecular formula is C14H17N3O2S. The number of piperazine rings is 1. The zero-order valence-electron chi connectivity index (χ0n) is 11.0. The highest BCUT2D eigenvalue weighted by Crippen LogP contribution is 2.23. The van der Waals surface area contributed by atoms with Crippen molar-refractivity contribution in [2.75, 3.05) is 25.4 Å². The Labute approximate surface area is 118 Å². The van der Waals surface area contributed by atoms with Crippen LogP contribution in [0, 0.1) is 0 Å². The molecule has 1 aliphatic heterocycles. The van der Waals surface area contributed by atoms with E-state index in [2.05, 4.69) is 15.6 Å². The van der Waals surface area contributed by atoms with E-state index in [0.717, 1.165) is 23.9 Å². The molecule has 1 aromatic heterocycles. The van der Waals surface area contributed by atoms with E-state index in [9.17, 15) is 8.42 Å². The fourth-order valence-electron chi connectivity index (χ4n) is 2.55. The number of nitrogens with zero attached hydrogens (tertiary/aromatic N) is 1. The van der Waals surface area contributed by atoms with Crippen molar-refractivity contribution >= 4 is 20.6 Å². The van der Waals surface area contributed by atoms with Crippen molar-refractivity contribution in [2.45, 2.75) is 10.9 Å². The molecule has 20 heavy (non-hydrogen) atoms. The smallest absolute Gasteiger partial charge is 0.180 e. The van der Waals surface area contributed by atoms with Crippen molar-refractivity contribution in [2.24, 2.45) is 0 Å². The highest BCUT2D eigenvalue weighted by molar-refractivity contribution is 7.91. The first kappa shape index (κ1) is 13.5. The van der Waals surface area contributed by atoms with Crippen LogP contribution in [-0.4, -0.2) is 44.8 Å². The van der Waals surface area contributed by atoms with E-state index in [-0.39, 0.29) is 11.8 Å². The van der Waals surface area contributed by atoms with Crippen LogP contribution in [-0.2, 0) is 9.84 Å². The van der Waals surface area contributed by atoms with Crippen molar-refractivity contribution in [1.82, 2.24) is 15.6 Å². The molecular weight excluding hydrogens is 274 g/mol. The van der Waals surface area contributed by atoms with Crippen molar-refractivity contribution in [3.05, 3.63) is 36.7 Å². The third-order valence-electron chi connectivity index (χ3n) is 3.52. The van der Waals surface area contributed by atoms with Gasteiger partial charge in [0.1, 0.15) is 0 Å². The lowest BCUT2D eigenvalue weighted by atomic mass is 10.2. The number of hydrogen-bond donors (Lipinski definition) is 2. The summed E-state index contributed by atoms with van der Waals surface area (Å²) in [4.78, 5) is 4.43. The van der Waals surface area contributed by atoms with Crippen LogP contribution in [0.25, 0.3) is 10.8 Å². The maximum atomic E-state index is 12.6. The van der Waals surface area contributed by atoms with E-state index in [4.69, 9.17) is 0 Å². The van der Waals surface area contributed by atoms with Crippen LogP contribution >= 0.6 is 0 Å². The van der Waals surface area contributed by atoms with Gasteiger partial charge in [0.2, 0.25) is 0 Å². The Bertz CT molecular complexity index is 704. The number of benzene rings is 1. The Morgan fingerprint density at radius 1 is 1.25 bits per heavy atom. The van der Waals surface area contributed by atoms with Crippen molar-refractivity contribution in [3.63, 3.8) is 0 Å². The molecule has 0 aliphatic carbocycles. The number of hydrogen-bond acceptors (Lipinski definition) is 5. The molecule has 2 aromatic rings. The molecule has 0 amide bonds. The molecule has 1 fully saturated rings. The van der Waals surface area contributed by atoms with Gasteiger partial charge in [0.25, 0.3) is 0 Å². The first-order valence-electron chi connectivity index (χ1n) is 6.66. The molecule has 106 valence electrons. The summed E-state index contributed by atoms with van der Waals surface area (Å²) in [5, 5.41) is 8.04. The second-order valence-electron chi connectivity index (χ2n) is 4.99. The van der Waals surface area contributed by atoms with E-state index in [1.807, 2.05) is 6.07 Å². The second-order valence-corrected chi connectivity index (χ2v) is 6.99. The number of sulfone groups is 1. The van der Waals surface area contributed by atoms with E-state index in [1.54, 1.807) is 30.6 Å². The molecule has 2 heterocycles. The van der Waals surface area contributed by atoms with Gasteiger partial charge in [-0.1, -0.05) is 12.1 Å². The monoisotopic (exact) mass is 291 g/mol. The van der Waals surface area contributed by atoms with Crippen LogP contribution in [0.15, 0.2) is 41.6 Å². The lowest BCUT2D eigenvalue weighted by molar-refractivity contribution is 0.440. The van der Waals surface area contributed by atoms with Gasteiger partial charge in [-0.25, -0.2) is 8.42 Å². The predicted molar refractivity (Wildman–Crippen MR) is 78.5 cm³/mol. The first-order chi connectivity index (χ1) is 9.67. The van der Waals surface area contributed by atoms with Gasteiger partial charge in [-0.3, -0.25) is 4.98 Å². The van der Waals surface area contributed by atoms with Crippen LogP contribution in [0.1, 0.15) is 0 Å². The van der Waals surface area contributed by atoms with Gasteiger partial charge in [-0.15, -0.1) is 0 Å². The molecule has 6 heteroatoms. The van der Waals surface area contributed by atoms with Gasteiger partial charge in [0.05, 0.1) is 10.6 Å². The topological polar surface area (TPSA) is 71.1 Å². The summed E-state index contributed by atoms with van der Waals surface area (Å²) in [5.74, 6) is 0.113. The summed E-state index contributed by atoms with van der Waals surface area (Å²) in [6, 6.07) is 7.04. The van der Waals surface area contributed by atoms with Gasteiger partial charge in [0, 0.05) is 48.8 Å². The van der Waals surface area contributed by atoms with Crippen molar-refractivity contribution in [1.29, 1.82) is 0 Å². The minimum Gasteiger partial charge on any atom is -0.314 e. The fraction of sp³-hybridized carbons (Fsp3) is 0.357. The van der Waals surface area contributed by atoms with E-state index in [0.29, 0.717) is 11.4 Å². The van der Waals surface area contributed by atoms with Crippen LogP contribution in [0.4, 0.5) is 0 Å². The van der Waals surface area contributed by atoms with Gasteiger partial charge in [0.15, 0.2) is 9.84 Å². The molecule has 1 saturated heterocycles. The average molecular weight is 291 g/mol. The molecule has 0 spiro atoms. The minimum absolute atomic E-state index is 0.0363. The molecule has 1 atom stereocenters. The Kier molecular flexibility index (Phi) is 3.69.